The van der Waals surface area contributed by atoms with Gasteiger partial charge in [-0.25, -0.2) is 4.39 Å². The van der Waals surface area contributed by atoms with E-state index in [1.54, 1.807) is 0 Å². The van der Waals surface area contributed by atoms with Gasteiger partial charge in [0.1, 0.15) is 10.7 Å². The standard InChI is InChI=1S/C17H12ClFN2O2S/c18-15-12-7-6-11(19)9-13(12)24-16(15)17(23)21-20-14(22)8-10-4-2-1-3-5-10/h1-7,9H,8H2,(H,20,22)(H,21,23). The van der Waals surface area contributed by atoms with Crippen molar-refractivity contribution in [3.05, 3.63) is 69.8 Å². The van der Waals surface area contributed by atoms with Crippen LogP contribution in [-0.2, 0) is 11.2 Å². The summed E-state index contributed by atoms with van der Waals surface area (Å²) in [5.74, 6) is -1.29. The number of carbonyl (C=O) groups excluding carboxylic acids is 2. The van der Waals surface area contributed by atoms with Crippen LogP contribution in [0.5, 0.6) is 0 Å². The van der Waals surface area contributed by atoms with Gasteiger partial charge in [-0.3, -0.25) is 20.4 Å². The number of hydrogen-bond acceptors (Lipinski definition) is 3. The Bertz CT molecular complexity index is 912. The number of thiophene rings is 1. The van der Waals surface area contributed by atoms with Crippen LogP contribution in [0.4, 0.5) is 4.39 Å². The highest BCUT2D eigenvalue weighted by atomic mass is 35.5. The third kappa shape index (κ3) is 3.55. The summed E-state index contributed by atoms with van der Waals surface area (Å²) in [6, 6.07) is 13.3. The fraction of sp³-hybridized carbons (Fsp3) is 0.0588. The van der Waals surface area contributed by atoms with Crippen molar-refractivity contribution in [2.45, 2.75) is 6.42 Å². The van der Waals surface area contributed by atoms with Crippen molar-refractivity contribution in [3.8, 4) is 0 Å². The average Bonchev–Trinajstić information content (AvgIpc) is 2.90. The highest BCUT2D eigenvalue weighted by molar-refractivity contribution is 7.21. The number of rotatable bonds is 3. The Kier molecular flexibility index (Phi) is 4.78. The molecule has 1 aromatic heterocycles. The van der Waals surface area contributed by atoms with E-state index in [9.17, 15) is 14.0 Å². The smallest absolute Gasteiger partial charge is 0.273 e. The Morgan fingerprint density at radius 1 is 1.08 bits per heavy atom. The minimum atomic E-state index is -0.539. The lowest BCUT2D eigenvalue weighted by Crippen LogP contribution is -2.42. The molecule has 0 atom stereocenters. The molecule has 2 amide bonds. The van der Waals surface area contributed by atoms with Crippen molar-refractivity contribution in [1.29, 1.82) is 0 Å². The van der Waals surface area contributed by atoms with Gasteiger partial charge in [0.2, 0.25) is 5.91 Å². The highest BCUT2D eigenvalue weighted by Gasteiger charge is 2.18. The van der Waals surface area contributed by atoms with Crippen molar-refractivity contribution in [3.63, 3.8) is 0 Å². The molecule has 0 fully saturated rings. The van der Waals surface area contributed by atoms with Crippen LogP contribution in [0.1, 0.15) is 15.2 Å². The number of hydrazine groups is 1. The lowest BCUT2D eigenvalue weighted by atomic mass is 10.1. The van der Waals surface area contributed by atoms with Gasteiger partial charge in [0.25, 0.3) is 5.91 Å². The van der Waals surface area contributed by atoms with Crippen LogP contribution in [0.2, 0.25) is 5.02 Å². The van der Waals surface area contributed by atoms with Crippen molar-refractivity contribution in [1.82, 2.24) is 10.9 Å². The number of amides is 2. The zero-order valence-corrected chi connectivity index (χ0v) is 13.9. The quantitative estimate of drug-likeness (QED) is 0.698. The summed E-state index contributed by atoms with van der Waals surface area (Å²) in [6.07, 6.45) is 0.145. The maximum Gasteiger partial charge on any atom is 0.281 e. The van der Waals surface area contributed by atoms with Crippen LogP contribution in [0.25, 0.3) is 10.1 Å². The fourth-order valence-electron chi connectivity index (χ4n) is 2.19. The second-order valence-corrected chi connectivity index (χ2v) is 6.48. The Balaban J connectivity index is 1.67. The minimum absolute atomic E-state index is 0.145. The molecule has 0 radical (unpaired) electrons. The first kappa shape index (κ1) is 16.4. The van der Waals surface area contributed by atoms with E-state index < -0.39 is 11.7 Å². The molecule has 7 heteroatoms. The molecule has 0 aliphatic heterocycles. The van der Waals surface area contributed by atoms with Gasteiger partial charge in [-0.2, -0.15) is 0 Å². The van der Waals surface area contributed by atoms with Crippen LogP contribution in [0.15, 0.2) is 48.5 Å². The van der Waals surface area contributed by atoms with E-state index in [-0.39, 0.29) is 22.2 Å². The molecule has 0 spiro atoms. The zero-order valence-electron chi connectivity index (χ0n) is 12.3. The van der Waals surface area contributed by atoms with Crippen LogP contribution < -0.4 is 10.9 Å². The van der Waals surface area contributed by atoms with Crippen LogP contribution in [-0.4, -0.2) is 11.8 Å². The lowest BCUT2D eigenvalue weighted by Gasteiger charge is -2.06. The number of nitrogens with one attached hydrogen (secondary N) is 2. The Morgan fingerprint density at radius 2 is 1.83 bits per heavy atom. The van der Waals surface area contributed by atoms with Crippen molar-refractivity contribution in [2.24, 2.45) is 0 Å². The molecule has 0 unspecified atom stereocenters. The SMILES string of the molecule is O=C(Cc1ccccc1)NNC(=O)c1sc2cc(F)ccc2c1Cl. The molecule has 3 aromatic rings. The molecular formula is C17H12ClFN2O2S. The van der Waals surface area contributed by atoms with E-state index in [1.807, 2.05) is 30.3 Å². The summed E-state index contributed by atoms with van der Waals surface area (Å²) in [4.78, 5) is 24.2. The summed E-state index contributed by atoms with van der Waals surface area (Å²) >= 11 is 7.23. The predicted molar refractivity (Wildman–Crippen MR) is 92.5 cm³/mol. The normalized spacial score (nSPS) is 10.6. The maximum absolute atomic E-state index is 13.2. The van der Waals surface area contributed by atoms with Crippen LogP contribution in [0.3, 0.4) is 0 Å². The van der Waals surface area contributed by atoms with Crippen molar-refractivity contribution < 1.29 is 14.0 Å². The number of hydrogen-bond donors (Lipinski definition) is 2. The molecule has 0 aliphatic rings. The molecule has 3 rings (SSSR count). The summed E-state index contributed by atoms with van der Waals surface area (Å²) in [7, 11) is 0. The molecule has 0 bridgehead atoms. The second kappa shape index (κ2) is 6.98. The second-order valence-electron chi connectivity index (χ2n) is 5.05. The predicted octanol–water partition coefficient (Wildman–Crippen LogP) is 3.70. The Morgan fingerprint density at radius 3 is 2.58 bits per heavy atom. The third-order valence-electron chi connectivity index (χ3n) is 3.32. The summed E-state index contributed by atoms with van der Waals surface area (Å²) in [5, 5.41) is 0.841. The van der Waals surface area contributed by atoms with Crippen LogP contribution >= 0.6 is 22.9 Å². The zero-order chi connectivity index (χ0) is 17.1. The van der Waals surface area contributed by atoms with Crippen molar-refractivity contribution >= 4 is 44.8 Å². The fourth-order valence-corrected chi connectivity index (χ4v) is 3.63. The largest absolute Gasteiger partial charge is 0.281 e. The molecule has 0 aliphatic carbocycles. The summed E-state index contributed by atoms with van der Waals surface area (Å²) in [5.41, 5.74) is 5.51. The summed E-state index contributed by atoms with van der Waals surface area (Å²) < 4.78 is 13.8. The van der Waals surface area contributed by atoms with Crippen LogP contribution in [0, 0.1) is 5.82 Å². The first-order valence-electron chi connectivity index (χ1n) is 7.05. The Labute approximate surface area is 146 Å². The lowest BCUT2D eigenvalue weighted by molar-refractivity contribution is -0.121. The number of carbonyl (C=O) groups is 2. The van der Waals surface area contributed by atoms with E-state index in [2.05, 4.69) is 10.9 Å². The van der Waals surface area contributed by atoms with E-state index in [0.717, 1.165) is 16.9 Å². The summed E-state index contributed by atoms with van der Waals surface area (Å²) in [6.45, 7) is 0. The van der Waals surface area contributed by atoms with E-state index in [0.29, 0.717) is 10.1 Å². The molecule has 1 heterocycles. The maximum atomic E-state index is 13.2. The number of benzene rings is 2. The van der Waals surface area contributed by atoms with Gasteiger partial charge in [-0.1, -0.05) is 41.9 Å². The third-order valence-corrected chi connectivity index (χ3v) is 4.98. The minimum Gasteiger partial charge on any atom is -0.273 e. The van der Waals surface area contributed by atoms with Gasteiger partial charge >= 0.3 is 0 Å². The molecule has 0 saturated heterocycles. The van der Waals surface area contributed by atoms with E-state index >= 15 is 0 Å². The molecular weight excluding hydrogens is 351 g/mol. The average molecular weight is 363 g/mol. The van der Waals surface area contributed by atoms with Gasteiger partial charge in [0, 0.05) is 10.1 Å². The monoisotopic (exact) mass is 362 g/mol. The van der Waals surface area contributed by atoms with Gasteiger partial charge in [0.05, 0.1) is 11.4 Å². The molecule has 122 valence electrons. The first-order valence-corrected chi connectivity index (χ1v) is 8.24. The van der Waals surface area contributed by atoms with E-state index in [1.165, 1.54) is 18.2 Å². The molecule has 4 nitrogen and oxygen atoms in total. The Hall–Kier alpha value is -2.44. The number of halogens is 2. The van der Waals surface area contributed by atoms with Gasteiger partial charge in [0.15, 0.2) is 0 Å². The van der Waals surface area contributed by atoms with Gasteiger partial charge in [-0.15, -0.1) is 11.3 Å². The topological polar surface area (TPSA) is 58.2 Å². The molecule has 24 heavy (non-hydrogen) atoms. The molecule has 2 aromatic carbocycles. The van der Waals surface area contributed by atoms with E-state index in [4.69, 9.17) is 11.6 Å². The number of fused-ring (bicyclic) bond motifs is 1. The van der Waals surface area contributed by atoms with Gasteiger partial charge < -0.3 is 0 Å². The first-order chi connectivity index (χ1) is 11.5. The van der Waals surface area contributed by atoms with Gasteiger partial charge in [-0.05, 0) is 23.8 Å². The van der Waals surface area contributed by atoms with Crippen molar-refractivity contribution in [2.75, 3.05) is 0 Å². The molecule has 0 saturated carbocycles. The highest BCUT2D eigenvalue weighted by Crippen LogP contribution is 2.35. The molecule has 2 N–H and O–H groups in total.